The quantitative estimate of drug-likeness (QED) is 0.922. The third-order valence-corrected chi connectivity index (χ3v) is 3.51. The van der Waals surface area contributed by atoms with E-state index in [9.17, 15) is 13.2 Å². The lowest BCUT2D eigenvalue weighted by atomic mass is 10.3. The molecule has 0 radical (unpaired) electrons. The van der Waals surface area contributed by atoms with Crippen LogP contribution in [0.15, 0.2) is 46.4 Å². The fourth-order valence-electron chi connectivity index (χ4n) is 1.17. The second kappa shape index (κ2) is 4.79. The molecule has 0 aliphatic carbocycles. The molecule has 94 valence electrons. The van der Waals surface area contributed by atoms with Crippen molar-refractivity contribution >= 4 is 27.5 Å². The normalized spacial score (nSPS) is 11.2. The van der Waals surface area contributed by atoms with Crippen molar-refractivity contribution in [3.05, 3.63) is 47.6 Å². The minimum atomic E-state index is -4.00. The molecule has 1 amide bonds. The second-order valence-corrected chi connectivity index (χ2v) is 5.40. The average molecular weight is 287 g/mol. The van der Waals surface area contributed by atoms with Crippen LogP contribution in [0, 0.1) is 0 Å². The summed E-state index contributed by atoms with van der Waals surface area (Å²) in [5, 5.41) is 0.161. The summed E-state index contributed by atoms with van der Waals surface area (Å²) in [6.45, 7) is 0. The first-order valence-corrected chi connectivity index (χ1v) is 6.55. The molecule has 0 aliphatic heterocycles. The highest BCUT2D eigenvalue weighted by Crippen LogP contribution is 2.13. The molecule has 2 aromatic rings. The Morgan fingerprint density at radius 1 is 1.39 bits per heavy atom. The SMILES string of the molecule is O=C(NS(=O)(=O)c1cncc(Cl)c1)c1ccoc1. The third-order valence-electron chi connectivity index (χ3n) is 2.00. The number of nitrogens with zero attached hydrogens (tertiary/aromatic N) is 1. The van der Waals surface area contributed by atoms with E-state index in [-0.39, 0.29) is 15.5 Å². The van der Waals surface area contributed by atoms with Gasteiger partial charge in [-0.3, -0.25) is 9.78 Å². The van der Waals surface area contributed by atoms with Gasteiger partial charge >= 0.3 is 0 Å². The number of hydrogen-bond donors (Lipinski definition) is 1. The van der Waals surface area contributed by atoms with E-state index in [1.54, 1.807) is 0 Å². The second-order valence-electron chi connectivity index (χ2n) is 3.29. The van der Waals surface area contributed by atoms with Crippen LogP contribution in [0.5, 0.6) is 0 Å². The standard InChI is InChI=1S/C10H7ClN2O4S/c11-8-3-9(5-12-4-8)18(15,16)13-10(14)7-1-2-17-6-7/h1-6H,(H,13,14). The Hall–Kier alpha value is -1.86. The van der Waals surface area contributed by atoms with Gasteiger partial charge in [-0.05, 0) is 12.1 Å². The molecular weight excluding hydrogens is 280 g/mol. The number of carbonyl (C=O) groups is 1. The summed E-state index contributed by atoms with van der Waals surface area (Å²) < 4.78 is 30.2. The van der Waals surface area contributed by atoms with Crippen molar-refractivity contribution in [1.29, 1.82) is 0 Å². The Bertz CT molecular complexity index is 667. The Kier molecular flexibility index (Phi) is 3.35. The van der Waals surface area contributed by atoms with Crippen LogP contribution in [0.2, 0.25) is 5.02 Å². The predicted molar refractivity (Wildman–Crippen MR) is 62.6 cm³/mol. The Balaban J connectivity index is 2.25. The van der Waals surface area contributed by atoms with Gasteiger partial charge in [-0.15, -0.1) is 0 Å². The molecule has 0 aromatic carbocycles. The van der Waals surface area contributed by atoms with Crippen molar-refractivity contribution in [3.8, 4) is 0 Å². The van der Waals surface area contributed by atoms with Gasteiger partial charge in [0, 0.05) is 12.4 Å². The topological polar surface area (TPSA) is 89.3 Å². The average Bonchev–Trinajstić information content (AvgIpc) is 2.82. The number of sulfonamides is 1. The van der Waals surface area contributed by atoms with E-state index in [1.165, 1.54) is 24.6 Å². The number of pyridine rings is 1. The molecule has 1 N–H and O–H groups in total. The molecular formula is C10H7ClN2O4S. The van der Waals surface area contributed by atoms with Gasteiger partial charge in [0.25, 0.3) is 15.9 Å². The number of carbonyl (C=O) groups excluding carboxylic acids is 1. The molecule has 0 unspecified atom stereocenters. The molecule has 18 heavy (non-hydrogen) atoms. The number of halogens is 1. The summed E-state index contributed by atoms with van der Waals surface area (Å²) in [6.07, 6.45) is 4.79. The maximum atomic E-state index is 11.8. The lowest BCUT2D eigenvalue weighted by Gasteiger charge is -2.05. The lowest BCUT2D eigenvalue weighted by molar-refractivity contribution is 0.0981. The van der Waals surface area contributed by atoms with E-state index in [0.717, 1.165) is 12.5 Å². The van der Waals surface area contributed by atoms with E-state index < -0.39 is 15.9 Å². The molecule has 0 atom stereocenters. The van der Waals surface area contributed by atoms with Crippen LogP contribution in [-0.2, 0) is 10.0 Å². The van der Waals surface area contributed by atoms with Gasteiger partial charge in [0.05, 0.1) is 16.8 Å². The Morgan fingerprint density at radius 3 is 2.78 bits per heavy atom. The fourth-order valence-corrected chi connectivity index (χ4v) is 2.37. The predicted octanol–water partition coefficient (Wildman–Crippen LogP) is 1.45. The third kappa shape index (κ3) is 2.69. The molecule has 0 aliphatic rings. The van der Waals surface area contributed by atoms with Gasteiger partial charge in [-0.1, -0.05) is 11.6 Å². The van der Waals surface area contributed by atoms with Crippen molar-refractivity contribution in [2.24, 2.45) is 0 Å². The molecule has 2 heterocycles. The number of nitrogens with one attached hydrogen (secondary N) is 1. The van der Waals surface area contributed by atoms with E-state index in [2.05, 4.69) is 9.40 Å². The zero-order chi connectivity index (χ0) is 13.2. The first-order valence-electron chi connectivity index (χ1n) is 4.69. The van der Waals surface area contributed by atoms with Crippen LogP contribution in [-0.4, -0.2) is 19.3 Å². The van der Waals surface area contributed by atoms with Crippen LogP contribution in [0.25, 0.3) is 0 Å². The minimum Gasteiger partial charge on any atom is -0.472 e. The monoisotopic (exact) mass is 286 g/mol. The first-order chi connectivity index (χ1) is 8.49. The molecule has 0 saturated carbocycles. The Labute approximate surface area is 108 Å². The van der Waals surface area contributed by atoms with Gasteiger partial charge in [0.1, 0.15) is 11.2 Å². The van der Waals surface area contributed by atoms with Gasteiger partial charge < -0.3 is 4.42 Å². The summed E-state index contributed by atoms with van der Waals surface area (Å²) in [7, 11) is -4.00. The van der Waals surface area contributed by atoms with Gasteiger partial charge in [-0.25, -0.2) is 13.1 Å². The summed E-state index contributed by atoms with van der Waals surface area (Å²) in [5.41, 5.74) is 0.105. The maximum absolute atomic E-state index is 11.8. The Morgan fingerprint density at radius 2 is 2.17 bits per heavy atom. The van der Waals surface area contributed by atoms with Gasteiger partial charge in [0.2, 0.25) is 0 Å². The summed E-state index contributed by atoms with van der Waals surface area (Å²) in [4.78, 5) is 15.0. The summed E-state index contributed by atoms with van der Waals surface area (Å²) >= 11 is 5.63. The molecule has 0 saturated heterocycles. The highest BCUT2D eigenvalue weighted by molar-refractivity contribution is 7.90. The van der Waals surface area contributed by atoms with Gasteiger partial charge in [-0.2, -0.15) is 0 Å². The molecule has 0 fully saturated rings. The molecule has 0 bridgehead atoms. The zero-order valence-corrected chi connectivity index (χ0v) is 10.4. The summed E-state index contributed by atoms with van der Waals surface area (Å²) in [6, 6.07) is 2.54. The number of amides is 1. The van der Waals surface area contributed by atoms with E-state index in [0.29, 0.717) is 0 Å². The number of hydrogen-bond acceptors (Lipinski definition) is 5. The van der Waals surface area contributed by atoms with Crippen molar-refractivity contribution in [2.45, 2.75) is 4.90 Å². The molecule has 2 rings (SSSR count). The fraction of sp³-hybridized carbons (Fsp3) is 0. The van der Waals surface area contributed by atoms with Crippen molar-refractivity contribution < 1.29 is 17.6 Å². The van der Waals surface area contributed by atoms with Crippen molar-refractivity contribution in [3.63, 3.8) is 0 Å². The number of furan rings is 1. The highest BCUT2D eigenvalue weighted by atomic mass is 35.5. The smallest absolute Gasteiger partial charge is 0.268 e. The van der Waals surface area contributed by atoms with E-state index >= 15 is 0 Å². The molecule has 6 nitrogen and oxygen atoms in total. The summed E-state index contributed by atoms with van der Waals surface area (Å²) in [5.74, 6) is -0.788. The number of aromatic nitrogens is 1. The highest BCUT2D eigenvalue weighted by Gasteiger charge is 2.19. The van der Waals surface area contributed by atoms with Gasteiger partial charge in [0.15, 0.2) is 0 Å². The molecule has 8 heteroatoms. The van der Waals surface area contributed by atoms with Crippen LogP contribution < -0.4 is 4.72 Å². The largest absolute Gasteiger partial charge is 0.472 e. The number of rotatable bonds is 3. The lowest BCUT2D eigenvalue weighted by Crippen LogP contribution is -2.30. The minimum absolute atomic E-state index is 0.105. The van der Waals surface area contributed by atoms with Crippen LogP contribution >= 0.6 is 11.6 Å². The molecule has 2 aromatic heterocycles. The molecule has 0 spiro atoms. The zero-order valence-electron chi connectivity index (χ0n) is 8.83. The van der Waals surface area contributed by atoms with Crippen molar-refractivity contribution in [1.82, 2.24) is 9.71 Å². The van der Waals surface area contributed by atoms with E-state index in [4.69, 9.17) is 11.6 Å². The maximum Gasteiger partial charge on any atom is 0.268 e. The van der Waals surface area contributed by atoms with Crippen LogP contribution in [0.3, 0.4) is 0 Å². The van der Waals surface area contributed by atoms with Crippen LogP contribution in [0.1, 0.15) is 10.4 Å². The van der Waals surface area contributed by atoms with Crippen molar-refractivity contribution in [2.75, 3.05) is 0 Å². The van der Waals surface area contributed by atoms with Crippen LogP contribution in [0.4, 0.5) is 0 Å². The van der Waals surface area contributed by atoms with E-state index in [1.807, 2.05) is 4.72 Å². The first kappa shape index (κ1) is 12.6.